The van der Waals surface area contributed by atoms with E-state index in [-0.39, 0.29) is 32.1 Å². The number of halogens is 2. The summed E-state index contributed by atoms with van der Waals surface area (Å²) in [7, 11) is 0. The van der Waals surface area contributed by atoms with Crippen molar-refractivity contribution in [1.29, 1.82) is 5.26 Å². The fourth-order valence-electron chi connectivity index (χ4n) is 2.91. The van der Waals surface area contributed by atoms with Crippen molar-refractivity contribution in [2.24, 2.45) is 5.41 Å². The Morgan fingerprint density at radius 2 is 1.94 bits per heavy atom. The Morgan fingerprint density at radius 1 is 1.24 bits per heavy atom. The predicted molar refractivity (Wildman–Crippen MR) is 132 cm³/mol. The molecule has 0 aliphatic rings. The summed E-state index contributed by atoms with van der Waals surface area (Å²) in [6, 6.07) is 12.5. The molecule has 2 aromatic carbocycles. The fourth-order valence-corrected chi connectivity index (χ4v) is 4.15. The normalized spacial score (nSPS) is 12.5. The Kier molecular flexibility index (Phi) is 7.50. The van der Waals surface area contributed by atoms with E-state index in [1.54, 1.807) is 39.0 Å². The number of amides is 1. The van der Waals surface area contributed by atoms with Crippen LogP contribution < -0.4 is 20.1 Å². The molecule has 174 valence electrons. The second-order valence-corrected chi connectivity index (χ2v) is 9.94. The third-order valence-corrected chi connectivity index (χ3v) is 6.17. The van der Waals surface area contributed by atoms with E-state index in [0.29, 0.717) is 11.3 Å². The van der Waals surface area contributed by atoms with E-state index in [2.05, 4.69) is 5.32 Å². The highest BCUT2D eigenvalue weighted by molar-refractivity contribution is 7.07. The van der Waals surface area contributed by atoms with Gasteiger partial charge in [0, 0.05) is 22.7 Å². The summed E-state index contributed by atoms with van der Waals surface area (Å²) in [4.78, 5) is 38.5. The molecule has 1 N–H and O–H groups in total. The zero-order chi connectivity index (χ0) is 25.0. The number of nitrogens with one attached hydrogen (secondary N) is 1. The number of hydrogen-bond acceptors (Lipinski definition) is 5. The maximum absolute atomic E-state index is 14.3. The van der Waals surface area contributed by atoms with Gasteiger partial charge >= 0.3 is 0 Å². The van der Waals surface area contributed by atoms with Gasteiger partial charge < -0.3 is 5.32 Å². The summed E-state index contributed by atoms with van der Waals surface area (Å²) in [5, 5.41) is 11.8. The van der Waals surface area contributed by atoms with E-state index in [1.807, 2.05) is 6.07 Å². The fraction of sp³-hybridized carbons (Fsp3) is 0.200. The molecule has 0 saturated heterocycles. The molecule has 0 bridgehead atoms. The Labute approximate surface area is 204 Å². The van der Waals surface area contributed by atoms with Crippen molar-refractivity contribution < 1.29 is 14.0 Å². The second kappa shape index (κ2) is 10.2. The Hall–Kier alpha value is -3.54. The molecule has 0 radical (unpaired) electrons. The van der Waals surface area contributed by atoms with Crippen LogP contribution in [0.2, 0.25) is 5.02 Å². The monoisotopic (exact) mass is 497 g/mol. The molecule has 0 unspecified atom stereocenters. The average Bonchev–Trinajstić information content (AvgIpc) is 3.04. The highest BCUT2D eigenvalue weighted by Gasteiger charge is 2.20. The minimum absolute atomic E-state index is 0.0427. The first-order valence-corrected chi connectivity index (χ1v) is 11.4. The molecule has 3 aromatic rings. The number of benzene rings is 2. The van der Waals surface area contributed by atoms with Gasteiger partial charge in [-0.1, -0.05) is 44.5 Å². The van der Waals surface area contributed by atoms with Crippen LogP contribution in [0.1, 0.15) is 31.9 Å². The number of hydrogen-bond donors (Lipinski definition) is 1. The van der Waals surface area contributed by atoms with Crippen molar-refractivity contribution >= 4 is 52.5 Å². The van der Waals surface area contributed by atoms with Gasteiger partial charge in [0.2, 0.25) is 5.91 Å². The van der Waals surface area contributed by atoms with Gasteiger partial charge in [0.05, 0.1) is 21.2 Å². The molecular formula is C25H21ClFN3O3S. The molecule has 34 heavy (non-hydrogen) atoms. The molecule has 9 heteroatoms. The number of thiazole rings is 1. The number of nitrogens with zero attached hydrogens (tertiary/aromatic N) is 2. The summed E-state index contributed by atoms with van der Waals surface area (Å²) in [5.41, 5.74) is -0.453. The standard InChI is InChI=1S/C25H21ClFN3O3S/c1-25(2,3)21(31)12-23-30(14-22(32)29-16-7-4-6-15(10-16)13-28)24(33)20(34-23)11-17-18(26)8-5-9-19(17)27/h4-12H,14H2,1-3H3,(H,29,32)/b20-11-,23-12-. The lowest BCUT2D eigenvalue weighted by Gasteiger charge is -2.13. The van der Waals surface area contributed by atoms with E-state index in [1.165, 1.54) is 41.0 Å². The number of ketones is 1. The van der Waals surface area contributed by atoms with Gasteiger partial charge in [-0.15, -0.1) is 11.3 Å². The van der Waals surface area contributed by atoms with Gasteiger partial charge in [-0.3, -0.25) is 19.0 Å². The summed E-state index contributed by atoms with van der Waals surface area (Å²) in [6.45, 7) is 4.84. The number of aromatic nitrogens is 1. The maximum Gasteiger partial charge on any atom is 0.269 e. The van der Waals surface area contributed by atoms with E-state index >= 15 is 0 Å². The first-order chi connectivity index (χ1) is 16.0. The van der Waals surface area contributed by atoms with Crippen LogP contribution in [0.5, 0.6) is 0 Å². The van der Waals surface area contributed by atoms with Gasteiger partial charge in [-0.05, 0) is 36.4 Å². The van der Waals surface area contributed by atoms with Crippen molar-refractivity contribution in [3.8, 4) is 6.07 Å². The lowest BCUT2D eigenvalue weighted by molar-refractivity contribution is -0.120. The molecule has 3 rings (SSSR count). The van der Waals surface area contributed by atoms with Crippen LogP contribution in [0.25, 0.3) is 12.2 Å². The van der Waals surface area contributed by atoms with Gasteiger partial charge in [-0.25, -0.2) is 4.39 Å². The number of carbonyl (C=O) groups excluding carboxylic acids is 2. The lowest BCUT2D eigenvalue weighted by atomic mass is 9.91. The van der Waals surface area contributed by atoms with Crippen LogP contribution in [0.3, 0.4) is 0 Å². The minimum Gasteiger partial charge on any atom is -0.324 e. The van der Waals surface area contributed by atoms with Crippen molar-refractivity contribution in [2.45, 2.75) is 27.3 Å². The van der Waals surface area contributed by atoms with E-state index in [4.69, 9.17) is 16.9 Å². The number of anilines is 1. The van der Waals surface area contributed by atoms with Crippen molar-refractivity contribution in [3.05, 3.63) is 84.0 Å². The largest absolute Gasteiger partial charge is 0.324 e. The van der Waals surface area contributed by atoms with E-state index in [0.717, 1.165) is 11.3 Å². The van der Waals surface area contributed by atoms with E-state index < -0.39 is 22.7 Å². The summed E-state index contributed by atoms with van der Waals surface area (Å²) < 4.78 is 15.8. The van der Waals surface area contributed by atoms with Crippen LogP contribution in [-0.2, 0) is 16.1 Å². The third-order valence-electron chi connectivity index (χ3n) is 4.78. The van der Waals surface area contributed by atoms with Crippen LogP contribution >= 0.6 is 22.9 Å². The highest BCUT2D eigenvalue weighted by Crippen LogP contribution is 2.19. The molecule has 0 fully saturated rings. The maximum atomic E-state index is 14.3. The molecule has 0 aliphatic heterocycles. The van der Waals surface area contributed by atoms with Crippen LogP contribution in [0, 0.1) is 22.6 Å². The molecule has 6 nitrogen and oxygen atoms in total. The summed E-state index contributed by atoms with van der Waals surface area (Å²) >= 11 is 7.06. The zero-order valence-corrected chi connectivity index (χ0v) is 20.3. The molecule has 0 aliphatic carbocycles. The second-order valence-electron chi connectivity index (χ2n) is 8.47. The number of carbonyl (C=O) groups is 2. The Bertz CT molecular complexity index is 1470. The SMILES string of the molecule is CC(C)(C)C(=O)/C=c1\s/c(=C\c2c(F)cccc2Cl)c(=O)n1CC(=O)Nc1cccc(C#N)c1. The third kappa shape index (κ3) is 5.87. The smallest absolute Gasteiger partial charge is 0.269 e. The van der Waals surface area contributed by atoms with Crippen molar-refractivity contribution in [2.75, 3.05) is 5.32 Å². The minimum atomic E-state index is -0.705. The topological polar surface area (TPSA) is 92.0 Å². The van der Waals surface area contributed by atoms with Gasteiger partial charge in [0.15, 0.2) is 5.78 Å². The quantitative estimate of drug-likeness (QED) is 0.584. The number of Topliss-reactive ketones (excluding diaryl/α,β-unsaturated/α-hetero) is 1. The summed E-state index contributed by atoms with van der Waals surface area (Å²) in [6.07, 6.45) is 2.63. The molecule has 0 atom stereocenters. The van der Waals surface area contributed by atoms with E-state index in [9.17, 15) is 18.8 Å². The van der Waals surface area contributed by atoms with Crippen molar-refractivity contribution in [3.63, 3.8) is 0 Å². The van der Waals surface area contributed by atoms with Gasteiger partial charge in [0.25, 0.3) is 5.56 Å². The highest BCUT2D eigenvalue weighted by atomic mass is 35.5. The first-order valence-electron chi connectivity index (χ1n) is 10.2. The van der Waals surface area contributed by atoms with Gasteiger partial charge in [-0.2, -0.15) is 5.26 Å². The number of nitriles is 1. The average molecular weight is 498 g/mol. The van der Waals surface area contributed by atoms with Crippen molar-refractivity contribution in [1.82, 2.24) is 4.57 Å². The summed E-state index contributed by atoms with van der Waals surface area (Å²) in [5.74, 6) is -1.36. The molecule has 1 amide bonds. The number of rotatable bonds is 5. The lowest BCUT2D eigenvalue weighted by Crippen LogP contribution is -2.36. The first kappa shape index (κ1) is 25.1. The van der Waals surface area contributed by atoms with Crippen LogP contribution in [0.4, 0.5) is 10.1 Å². The molecule has 1 heterocycles. The molecule has 0 spiro atoms. The Morgan fingerprint density at radius 3 is 2.59 bits per heavy atom. The zero-order valence-electron chi connectivity index (χ0n) is 18.7. The molecule has 1 aromatic heterocycles. The Balaban J connectivity index is 2.09. The van der Waals surface area contributed by atoms with Crippen LogP contribution in [0.15, 0.2) is 47.3 Å². The van der Waals surface area contributed by atoms with Crippen LogP contribution in [-0.4, -0.2) is 16.3 Å². The molecule has 0 saturated carbocycles. The molecular weight excluding hydrogens is 477 g/mol. The predicted octanol–water partition coefficient (Wildman–Crippen LogP) is 3.44. The van der Waals surface area contributed by atoms with Gasteiger partial charge in [0.1, 0.15) is 17.0 Å².